The lowest BCUT2D eigenvalue weighted by Crippen LogP contribution is -2.71. The van der Waals surface area contributed by atoms with Gasteiger partial charge in [-0.1, -0.05) is 16.9 Å². The van der Waals surface area contributed by atoms with Crippen molar-refractivity contribution in [3.05, 3.63) is 47.7 Å². The molecule has 3 aromatic rings. The molecule has 2 amide bonds. The topological polar surface area (TPSA) is 194 Å². The molecule has 39 heavy (non-hydrogen) atoms. The van der Waals surface area contributed by atoms with Crippen LogP contribution in [0.3, 0.4) is 0 Å². The Kier molecular flexibility index (Phi) is 7.74. The van der Waals surface area contributed by atoms with Gasteiger partial charge in [0.05, 0.1) is 0 Å². The second kappa shape index (κ2) is 11.2. The van der Waals surface area contributed by atoms with Crippen molar-refractivity contribution in [1.82, 2.24) is 24.0 Å². The highest BCUT2D eigenvalue weighted by Crippen LogP contribution is 2.40. The number of nitrogens with one attached hydrogen (secondary N) is 1. The predicted octanol–water partition coefficient (Wildman–Crippen LogP) is -0.499. The average molecular weight is 591 g/mol. The molecule has 1 saturated heterocycles. The van der Waals surface area contributed by atoms with Crippen molar-refractivity contribution in [3.8, 4) is 0 Å². The number of carbonyl (C=O) groups is 3. The Morgan fingerprint density at radius 2 is 2.23 bits per heavy atom. The number of pyridine rings is 1. The highest BCUT2D eigenvalue weighted by molar-refractivity contribution is 8.00. The Labute approximate surface area is 234 Å². The summed E-state index contributed by atoms with van der Waals surface area (Å²) in [5.41, 5.74) is 12.4. The summed E-state index contributed by atoms with van der Waals surface area (Å²) < 4.78 is 7.92. The van der Waals surface area contributed by atoms with Gasteiger partial charge in [0.25, 0.3) is 17.5 Å². The predicted molar refractivity (Wildman–Crippen MR) is 145 cm³/mol. The van der Waals surface area contributed by atoms with Crippen LogP contribution in [0, 0.1) is 0 Å². The van der Waals surface area contributed by atoms with E-state index in [9.17, 15) is 19.5 Å². The molecule has 1 fully saturated rings. The van der Waals surface area contributed by atoms with Crippen molar-refractivity contribution in [2.45, 2.75) is 23.0 Å². The molecule has 0 aliphatic carbocycles. The van der Waals surface area contributed by atoms with Crippen molar-refractivity contribution >= 4 is 69.3 Å². The summed E-state index contributed by atoms with van der Waals surface area (Å²) in [7, 11) is 1.26. The van der Waals surface area contributed by atoms with Crippen molar-refractivity contribution in [1.29, 1.82) is 0 Å². The molecule has 2 aliphatic heterocycles. The van der Waals surface area contributed by atoms with E-state index >= 15 is 0 Å². The molecule has 204 valence electrons. The second-order valence-electron chi connectivity index (χ2n) is 8.35. The largest absolute Gasteiger partial charge is 0.477 e. The maximum absolute atomic E-state index is 13.1. The first-order valence-corrected chi connectivity index (χ1v) is 14.4. The third-order valence-electron chi connectivity index (χ3n) is 5.97. The van der Waals surface area contributed by atoms with Gasteiger partial charge in [0.15, 0.2) is 10.2 Å². The minimum atomic E-state index is -1.21. The molecule has 2 aliphatic rings. The standard InChI is InChI=1S/C22H23N9O5S3/c1-36-27-14(17-26-22(24)39-28-17)18(32)25-15-19(33)31-16(21(34)35)11(10-38-20(15)31)9-29-6-7-30-12(29)3-2-4-13(30)37-8-5-23/h2-4,6-7,15,20H,5,8-10,23H2,1H3,(H3-,24,25,26,28,32,34,35)/p+1/b27-14-/t15-,20-/m1/s1. The fourth-order valence-corrected chi connectivity index (χ4v) is 6.90. The summed E-state index contributed by atoms with van der Waals surface area (Å²) in [4.78, 5) is 48.3. The number of fused-ring (bicyclic) bond motifs is 2. The first-order valence-electron chi connectivity index (χ1n) is 11.6. The number of carboxylic acids is 1. The zero-order valence-corrected chi connectivity index (χ0v) is 23.0. The van der Waals surface area contributed by atoms with Gasteiger partial charge in [0, 0.05) is 41.2 Å². The van der Waals surface area contributed by atoms with Crippen LogP contribution in [0.25, 0.3) is 5.65 Å². The molecule has 5 rings (SSSR count). The Bertz CT molecular complexity index is 1520. The van der Waals surface area contributed by atoms with E-state index < -0.39 is 29.2 Å². The fraction of sp³-hybridized carbons (Fsp3) is 0.318. The van der Waals surface area contributed by atoms with Gasteiger partial charge in [0.1, 0.15) is 43.2 Å². The van der Waals surface area contributed by atoms with Gasteiger partial charge in [-0.15, -0.1) is 11.8 Å². The SMILES string of the molecule is CO/N=C(\C(=O)N[C@@H]1C(=O)N2C(C(=O)O)=C(C[n+]3ccn4c(SCCN)cccc43)CS[C@H]12)c1nsc(N)n1. The number of nitrogens with zero attached hydrogens (tertiary/aromatic N) is 6. The minimum Gasteiger partial charge on any atom is -0.477 e. The van der Waals surface area contributed by atoms with Gasteiger partial charge in [-0.25, -0.2) is 9.36 Å². The fourth-order valence-electron chi connectivity index (χ4n) is 4.34. The number of thioether (sulfide) groups is 2. The number of β-lactam (4-membered cyclic amide) rings is 1. The molecule has 17 heteroatoms. The number of imidazole rings is 1. The maximum atomic E-state index is 13.1. The van der Waals surface area contributed by atoms with Crippen LogP contribution in [0.4, 0.5) is 5.13 Å². The minimum absolute atomic E-state index is 0.0356. The molecule has 0 unspecified atom stereocenters. The second-order valence-corrected chi connectivity index (χ2v) is 11.4. The molecule has 0 bridgehead atoms. The number of amides is 2. The van der Waals surface area contributed by atoms with Crippen LogP contribution in [0.1, 0.15) is 5.82 Å². The number of anilines is 1. The van der Waals surface area contributed by atoms with Crippen molar-refractivity contribution in [3.63, 3.8) is 0 Å². The van der Waals surface area contributed by atoms with Crippen LogP contribution in [0.15, 0.2) is 52.0 Å². The molecule has 6 N–H and O–H groups in total. The number of nitrogens with two attached hydrogens (primary N) is 2. The quantitative estimate of drug-likeness (QED) is 0.0782. The Balaban J connectivity index is 1.36. The highest BCUT2D eigenvalue weighted by Gasteiger charge is 2.54. The summed E-state index contributed by atoms with van der Waals surface area (Å²) >= 11 is 3.89. The third-order valence-corrected chi connectivity index (χ3v) is 8.93. The number of oxime groups is 1. The van der Waals surface area contributed by atoms with Crippen LogP contribution in [-0.4, -0.2) is 83.8 Å². The molecule has 14 nitrogen and oxygen atoms in total. The van der Waals surface area contributed by atoms with Crippen LogP contribution in [0.2, 0.25) is 0 Å². The summed E-state index contributed by atoms with van der Waals surface area (Å²) in [6, 6.07) is 4.92. The van der Waals surface area contributed by atoms with E-state index in [0.29, 0.717) is 17.9 Å². The number of aromatic nitrogens is 4. The number of aliphatic carboxylic acids is 1. The summed E-state index contributed by atoms with van der Waals surface area (Å²) in [5.74, 6) is -1.39. The van der Waals surface area contributed by atoms with Gasteiger partial charge in [0.2, 0.25) is 11.5 Å². The van der Waals surface area contributed by atoms with E-state index in [4.69, 9.17) is 16.3 Å². The first-order chi connectivity index (χ1) is 18.8. The van der Waals surface area contributed by atoms with E-state index in [1.54, 1.807) is 11.8 Å². The molecule has 0 radical (unpaired) electrons. The van der Waals surface area contributed by atoms with E-state index in [1.807, 2.05) is 39.6 Å². The van der Waals surface area contributed by atoms with Gasteiger partial charge in [-0.3, -0.25) is 14.5 Å². The number of hydrogen-bond donors (Lipinski definition) is 4. The maximum Gasteiger partial charge on any atom is 0.352 e. The Morgan fingerprint density at radius 3 is 2.92 bits per heavy atom. The molecule has 2 atom stereocenters. The number of hydrogen-bond acceptors (Lipinski definition) is 12. The monoisotopic (exact) mass is 590 g/mol. The van der Waals surface area contributed by atoms with Crippen molar-refractivity contribution in [2.75, 3.05) is 30.9 Å². The van der Waals surface area contributed by atoms with Crippen molar-refractivity contribution < 1.29 is 28.9 Å². The average Bonchev–Trinajstić information content (AvgIpc) is 3.54. The first kappa shape index (κ1) is 26.9. The van der Waals surface area contributed by atoms with Crippen LogP contribution < -0.4 is 21.4 Å². The molecular weight excluding hydrogens is 567 g/mol. The van der Waals surface area contributed by atoms with Gasteiger partial charge < -0.3 is 26.7 Å². The summed E-state index contributed by atoms with van der Waals surface area (Å²) in [6.45, 7) is 0.836. The number of carboxylic acid groups (broad SMARTS) is 1. The highest BCUT2D eigenvalue weighted by atomic mass is 32.2. The molecule has 3 aromatic heterocycles. The van der Waals surface area contributed by atoms with Gasteiger partial charge in [-0.05, 0) is 12.1 Å². The molecule has 0 aromatic carbocycles. The van der Waals surface area contributed by atoms with Crippen LogP contribution in [-0.2, 0) is 25.8 Å². The van der Waals surface area contributed by atoms with E-state index in [0.717, 1.165) is 28.0 Å². The molecule has 0 spiro atoms. The third kappa shape index (κ3) is 5.05. The van der Waals surface area contributed by atoms with E-state index in [1.165, 1.54) is 23.8 Å². The molecular formula is C22H24N9O5S3+. The Hall–Kier alpha value is -3.67. The lowest BCUT2D eigenvalue weighted by atomic mass is 10.0. The van der Waals surface area contributed by atoms with E-state index in [2.05, 4.69) is 19.8 Å². The number of rotatable bonds is 10. The lowest BCUT2D eigenvalue weighted by molar-refractivity contribution is -0.662. The molecule has 5 heterocycles. The number of nitrogen functional groups attached to an aromatic ring is 1. The molecule has 0 saturated carbocycles. The smallest absolute Gasteiger partial charge is 0.352 e. The van der Waals surface area contributed by atoms with Crippen LogP contribution >= 0.6 is 35.1 Å². The zero-order valence-electron chi connectivity index (χ0n) is 20.5. The Morgan fingerprint density at radius 1 is 1.41 bits per heavy atom. The zero-order chi connectivity index (χ0) is 27.7. The van der Waals surface area contributed by atoms with Crippen LogP contribution in [0.5, 0.6) is 0 Å². The van der Waals surface area contributed by atoms with Gasteiger partial charge in [-0.2, -0.15) is 13.8 Å². The van der Waals surface area contributed by atoms with Gasteiger partial charge >= 0.3 is 5.97 Å². The summed E-state index contributed by atoms with van der Waals surface area (Å²) in [5, 5.41) is 16.9. The number of carbonyl (C=O) groups excluding carboxylic acids is 2. The summed E-state index contributed by atoms with van der Waals surface area (Å²) in [6.07, 6.45) is 3.79. The lowest BCUT2D eigenvalue weighted by Gasteiger charge is -2.49. The normalized spacial score (nSPS) is 19.2. The van der Waals surface area contributed by atoms with E-state index in [-0.39, 0.29) is 28.9 Å². The van der Waals surface area contributed by atoms with Crippen molar-refractivity contribution in [2.24, 2.45) is 10.9 Å².